The monoisotopic (exact) mass is 261 g/mol. The third kappa shape index (κ3) is 3.95. The second-order valence-electron chi connectivity index (χ2n) is 5.81. The Morgan fingerprint density at radius 3 is 2.42 bits per heavy atom. The molecule has 1 unspecified atom stereocenters. The molecule has 0 spiro atoms. The van der Waals surface area contributed by atoms with Crippen LogP contribution in [0.25, 0.3) is 0 Å². The molecule has 0 aromatic heterocycles. The van der Waals surface area contributed by atoms with Crippen molar-refractivity contribution in [2.24, 2.45) is 11.7 Å². The lowest BCUT2D eigenvalue weighted by Crippen LogP contribution is -2.30. The van der Waals surface area contributed by atoms with Gasteiger partial charge in [-0.25, -0.2) is 0 Å². The number of nitrogens with two attached hydrogens (primary N) is 1. The second-order valence-corrected chi connectivity index (χ2v) is 5.81. The minimum atomic E-state index is 0.288. The van der Waals surface area contributed by atoms with Crippen LogP contribution in [0, 0.1) is 5.92 Å². The molecular weight excluding hydrogens is 234 g/mol. The van der Waals surface area contributed by atoms with Crippen molar-refractivity contribution in [3.8, 4) is 0 Å². The predicted octanol–water partition coefficient (Wildman–Crippen LogP) is 2.53. The molecule has 19 heavy (non-hydrogen) atoms. The lowest BCUT2D eigenvalue weighted by atomic mass is 9.83. The van der Waals surface area contributed by atoms with E-state index in [1.165, 1.54) is 36.9 Å². The van der Waals surface area contributed by atoms with E-state index in [9.17, 15) is 0 Å². The highest BCUT2D eigenvalue weighted by Crippen LogP contribution is 2.29. The first-order valence-electron chi connectivity index (χ1n) is 7.41. The third-order valence-corrected chi connectivity index (χ3v) is 4.22. The van der Waals surface area contributed by atoms with Crippen molar-refractivity contribution in [3.63, 3.8) is 0 Å². The number of nitrogens with one attached hydrogen (secondary N) is 1. The molecule has 0 heterocycles. The SMILES string of the molecule is CN(C)c1ccc(C(CN)NCCC2CCC2)cc1. The zero-order valence-corrected chi connectivity index (χ0v) is 12.2. The quantitative estimate of drug-likeness (QED) is 0.792. The predicted molar refractivity (Wildman–Crippen MR) is 82.5 cm³/mol. The Morgan fingerprint density at radius 2 is 1.95 bits per heavy atom. The molecule has 1 aromatic rings. The van der Waals surface area contributed by atoms with Gasteiger partial charge in [-0.2, -0.15) is 0 Å². The maximum absolute atomic E-state index is 5.89. The van der Waals surface area contributed by atoms with Crippen molar-refractivity contribution >= 4 is 5.69 Å². The highest BCUT2D eigenvalue weighted by Gasteiger charge is 2.17. The van der Waals surface area contributed by atoms with Gasteiger partial charge in [0.25, 0.3) is 0 Å². The first-order valence-corrected chi connectivity index (χ1v) is 7.41. The zero-order chi connectivity index (χ0) is 13.7. The van der Waals surface area contributed by atoms with Gasteiger partial charge >= 0.3 is 0 Å². The van der Waals surface area contributed by atoms with Crippen LogP contribution in [0.1, 0.15) is 37.3 Å². The van der Waals surface area contributed by atoms with Gasteiger partial charge in [0.15, 0.2) is 0 Å². The van der Waals surface area contributed by atoms with Crippen molar-refractivity contribution in [1.29, 1.82) is 0 Å². The van der Waals surface area contributed by atoms with Gasteiger partial charge in [0.1, 0.15) is 0 Å². The van der Waals surface area contributed by atoms with E-state index in [0.29, 0.717) is 6.54 Å². The maximum atomic E-state index is 5.89. The van der Waals surface area contributed by atoms with E-state index in [-0.39, 0.29) is 6.04 Å². The third-order valence-electron chi connectivity index (χ3n) is 4.22. The Labute approximate surface area is 117 Å². The molecule has 3 N–H and O–H groups in total. The first-order chi connectivity index (χ1) is 9.20. The molecule has 1 atom stereocenters. The van der Waals surface area contributed by atoms with Crippen LogP contribution in [-0.2, 0) is 0 Å². The molecule has 1 aliphatic rings. The highest BCUT2D eigenvalue weighted by molar-refractivity contribution is 5.46. The Bertz CT molecular complexity index is 368. The highest BCUT2D eigenvalue weighted by atomic mass is 15.1. The fourth-order valence-electron chi connectivity index (χ4n) is 2.59. The van der Waals surface area contributed by atoms with Crippen LogP contribution in [0.4, 0.5) is 5.69 Å². The molecule has 0 radical (unpaired) electrons. The summed E-state index contributed by atoms with van der Waals surface area (Å²) in [4.78, 5) is 2.12. The number of hydrogen-bond donors (Lipinski definition) is 2. The summed E-state index contributed by atoms with van der Waals surface area (Å²) in [6.07, 6.45) is 5.57. The van der Waals surface area contributed by atoms with Gasteiger partial charge in [-0.15, -0.1) is 0 Å². The van der Waals surface area contributed by atoms with Crippen LogP contribution >= 0.6 is 0 Å². The van der Waals surface area contributed by atoms with Crippen LogP contribution in [0.15, 0.2) is 24.3 Å². The van der Waals surface area contributed by atoms with Crippen LogP contribution < -0.4 is 16.0 Å². The molecule has 0 aliphatic heterocycles. The van der Waals surface area contributed by atoms with E-state index < -0.39 is 0 Å². The normalized spacial score (nSPS) is 17.0. The van der Waals surface area contributed by atoms with Gasteiger partial charge in [-0.05, 0) is 36.6 Å². The number of benzene rings is 1. The van der Waals surface area contributed by atoms with Crippen LogP contribution in [0.5, 0.6) is 0 Å². The number of rotatable bonds is 7. The summed E-state index contributed by atoms with van der Waals surface area (Å²) in [6.45, 7) is 1.74. The Kier molecular flexibility index (Phi) is 5.23. The molecular formula is C16H27N3. The Morgan fingerprint density at radius 1 is 1.26 bits per heavy atom. The molecule has 106 valence electrons. The summed E-state index contributed by atoms with van der Waals surface area (Å²) >= 11 is 0. The largest absolute Gasteiger partial charge is 0.378 e. The van der Waals surface area contributed by atoms with Gasteiger partial charge in [-0.1, -0.05) is 31.4 Å². The molecule has 1 fully saturated rings. The van der Waals surface area contributed by atoms with Crippen molar-refractivity contribution in [1.82, 2.24) is 5.32 Å². The number of anilines is 1. The fraction of sp³-hybridized carbons (Fsp3) is 0.625. The lowest BCUT2D eigenvalue weighted by molar-refractivity contribution is 0.288. The van der Waals surface area contributed by atoms with Gasteiger partial charge in [-0.3, -0.25) is 0 Å². The van der Waals surface area contributed by atoms with Crippen LogP contribution in [0.2, 0.25) is 0 Å². The van der Waals surface area contributed by atoms with Crippen molar-refractivity contribution in [2.75, 3.05) is 32.1 Å². The van der Waals surface area contributed by atoms with Crippen LogP contribution in [0.3, 0.4) is 0 Å². The molecule has 1 aromatic carbocycles. The van der Waals surface area contributed by atoms with E-state index in [4.69, 9.17) is 5.73 Å². The molecule has 2 rings (SSSR count). The Balaban J connectivity index is 1.84. The maximum Gasteiger partial charge on any atom is 0.0444 e. The van der Waals surface area contributed by atoms with Crippen molar-refractivity contribution in [2.45, 2.75) is 31.7 Å². The minimum absolute atomic E-state index is 0.288. The molecule has 3 nitrogen and oxygen atoms in total. The van der Waals surface area contributed by atoms with Gasteiger partial charge in [0, 0.05) is 32.4 Å². The van der Waals surface area contributed by atoms with Gasteiger partial charge < -0.3 is 16.0 Å². The number of hydrogen-bond acceptors (Lipinski definition) is 3. The molecule has 0 saturated heterocycles. The summed E-state index contributed by atoms with van der Waals surface area (Å²) in [5.41, 5.74) is 8.42. The van der Waals surface area contributed by atoms with E-state index in [1.54, 1.807) is 0 Å². The zero-order valence-electron chi connectivity index (χ0n) is 12.2. The first kappa shape index (κ1) is 14.4. The summed E-state index contributed by atoms with van der Waals surface area (Å²) in [5, 5.41) is 3.59. The minimum Gasteiger partial charge on any atom is -0.378 e. The molecule has 0 amide bonds. The molecule has 3 heteroatoms. The summed E-state index contributed by atoms with van der Waals surface area (Å²) in [6, 6.07) is 8.97. The molecule has 0 bridgehead atoms. The smallest absolute Gasteiger partial charge is 0.0444 e. The van der Waals surface area contributed by atoms with E-state index in [0.717, 1.165) is 12.5 Å². The van der Waals surface area contributed by atoms with Crippen molar-refractivity contribution in [3.05, 3.63) is 29.8 Å². The fourth-order valence-corrected chi connectivity index (χ4v) is 2.59. The molecule has 1 saturated carbocycles. The lowest BCUT2D eigenvalue weighted by Gasteiger charge is -2.26. The molecule has 1 aliphatic carbocycles. The Hall–Kier alpha value is -1.06. The topological polar surface area (TPSA) is 41.3 Å². The van der Waals surface area contributed by atoms with E-state index >= 15 is 0 Å². The second kappa shape index (κ2) is 6.92. The summed E-state index contributed by atoms with van der Waals surface area (Å²) in [7, 11) is 4.12. The van der Waals surface area contributed by atoms with E-state index in [1.807, 2.05) is 0 Å². The number of nitrogens with zero attached hydrogens (tertiary/aromatic N) is 1. The average Bonchev–Trinajstić information content (AvgIpc) is 2.37. The average molecular weight is 261 g/mol. The standard InChI is InChI=1S/C16H27N3/c1-19(2)15-8-6-14(7-9-15)16(12-17)18-11-10-13-4-3-5-13/h6-9,13,16,18H,3-5,10-12,17H2,1-2H3. The van der Waals surface area contributed by atoms with E-state index in [2.05, 4.69) is 48.6 Å². The van der Waals surface area contributed by atoms with Gasteiger partial charge in [0.2, 0.25) is 0 Å². The van der Waals surface area contributed by atoms with Crippen LogP contribution in [-0.4, -0.2) is 27.2 Å². The summed E-state index contributed by atoms with van der Waals surface area (Å²) in [5.74, 6) is 0.960. The van der Waals surface area contributed by atoms with Crippen molar-refractivity contribution < 1.29 is 0 Å². The summed E-state index contributed by atoms with van der Waals surface area (Å²) < 4.78 is 0. The van der Waals surface area contributed by atoms with Gasteiger partial charge in [0.05, 0.1) is 0 Å².